The third-order valence-corrected chi connectivity index (χ3v) is 4.36. The van der Waals surface area contributed by atoms with E-state index in [0.717, 1.165) is 21.5 Å². The minimum absolute atomic E-state index is 0.251. The van der Waals surface area contributed by atoms with Crippen molar-refractivity contribution in [1.29, 1.82) is 0 Å². The van der Waals surface area contributed by atoms with Gasteiger partial charge in [-0.1, -0.05) is 13.0 Å². The van der Waals surface area contributed by atoms with Crippen molar-refractivity contribution >= 4 is 33.4 Å². The van der Waals surface area contributed by atoms with E-state index in [-0.39, 0.29) is 11.9 Å². The number of halogens is 1. The average Bonchev–Trinajstić information content (AvgIpc) is 3.01. The van der Waals surface area contributed by atoms with E-state index >= 15 is 0 Å². The maximum absolute atomic E-state index is 11.7. The molecule has 130 valence electrons. The molecule has 0 fully saturated rings. The molecular formula is C17H18BrN5O2. The van der Waals surface area contributed by atoms with Gasteiger partial charge in [-0.25, -0.2) is 4.98 Å². The third kappa shape index (κ3) is 3.96. The van der Waals surface area contributed by atoms with Crippen molar-refractivity contribution in [2.24, 2.45) is 5.92 Å². The average molecular weight is 404 g/mol. The van der Waals surface area contributed by atoms with Crippen LogP contribution in [0.2, 0.25) is 0 Å². The number of fused-ring (bicyclic) bond motifs is 1. The molecule has 3 heterocycles. The van der Waals surface area contributed by atoms with Gasteiger partial charge < -0.3 is 10.1 Å². The molecule has 7 nitrogen and oxygen atoms in total. The fraction of sp³-hybridized carbons (Fsp3) is 0.294. The molecule has 8 heteroatoms. The summed E-state index contributed by atoms with van der Waals surface area (Å²) < 4.78 is 7.32. The number of anilines is 1. The van der Waals surface area contributed by atoms with Crippen molar-refractivity contribution in [3.05, 3.63) is 52.5 Å². The Kier molecular flexibility index (Phi) is 5.28. The molecule has 0 aliphatic heterocycles. The molecule has 0 aliphatic carbocycles. The molecule has 0 radical (unpaired) electrons. The monoisotopic (exact) mass is 403 g/mol. The predicted octanol–water partition coefficient (Wildman–Crippen LogP) is 2.85. The van der Waals surface area contributed by atoms with Gasteiger partial charge in [-0.15, -0.1) is 0 Å². The van der Waals surface area contributed by atoms with Crippen molar-refractivity contribution in [2.75, 3.05) is 12.4 Å². The number of carbonyl (C=O) groups is 1. The lowest BCUT2D eigenvalue weighted by Crippen LogP contribution is -2.16. The summed E-state index contributed by atoms with van der Waals surface area (Å²) in [7, 11) is 1.39. The topological polar surface area (TPSA) is 81.4 Å². The highest BCUT2D eigenvalue weighted by atomic mass is 79.9. The predicted molar refractivity (Wildman–Crippen MR) is 97.1 cm³/mol. The zero-order valence-electron chi connectivity index (χ0n) is 13.9. The smallest absolute Gasteiger partial charge is 0.308 e. The van der Waals surface area contributed by atoms with Crippen LogP contribution < -0.4 is 5.32 Å². The number of hydrogen-bond donors (Lipinski definition) is 1. The number of rotatable bonds is 6. The van der Waals surface area contributed by atoms with Crippen molar-refractivity contribution < 1.29 is 9.53 Å². The fourth-order valence-corrected chi connectivity index (χ4v) is 2.86. The van der Waals surface area contributed by atoms with Crippen molar-refractivity contribution in [3.8, 4) is 0 Å². The maximum atomic E-state index is 11.7. The van der Waals surface area contributed by atoms with E-state index in [2.05, 4.69) is 36.3 Å². The quantitative estimate of drug-likeness (QED) is 0.637. The first kappa shape index (κ1) is 17.3. The van der Waals surface area contributed by atoms with Gasteiger partial charge in [-0.3, -0.25) is 9.78 Å². The van der Waals surface area contributed by atoms with Gasteiger partial charge in [0, 0.05) is 37.1 Å². The second kappa shape index (κ2) is 7.60. The summed E-state index contributed by atoms with van der Waals surface area (Å²) in [5, 5.41) is 7.70. The van der Waals surface area contributed by atoms with Crippen LogP contribution in [0, 0.1) is 5.92 Å². The number of pyridine rings is 1. The van der Waals surface area contributed by atoms with Crippen LogP contribution in [0.25, 0.3) is 5.65 Å². The van der Waals surface area contributed by atoms with Crippen molar-refractivity contribution in [3.63, 3.8) is 0 Å². The molecule has 0 bridgehead atoms. The molecule has 0 saturated heterocycles. The lowest BCUT2D eigenvalue weighted by molar-refractivity contribution is -0.144. The molecule has 25 heavy (non-hydrogen) atoms. The summed E-state index contributed by atoms with van der Waals surface area (Å²) in [5.41, 5.74) is 2.55. The van der Waals surface area contributed by atoms with Gasteiger partial charge in [0.25, 0.3) is 0 Å². The van der Waals surface area contributed by atoms with Gasteiger partial charge >= 0.3 is 5.97 Å². The second-order valence-electron chi connectivity index (χ2n) is 5.70. The Hall–Kier alpha value is -2.48. The van der Waals surface area contributed by atoms with Gasteiger partial charge in [0.1, 0.15) is 5.82 Å². The summed E-state index contributed by atoms with van der Waals surface area (Å²) >= 11 is 3.46. The Morgan fingerprint density at radius 2 is 2.28 bits per heavy atom. The molecule has 1 N–H and O–H groups in total. The van der Waals surface area contributed by atoms with Crippen LogP contribution in [-0.4, -0.2) is 32.7 Å². The van der Waals surface area contributed by atoms with Crippen LogP contribution in [0.4, 0.5) is 5.82 Å². The lowest BCUT2D eigenvalue weighted by atomic mass is 10.1. The van der Waals surface area contributed by atoms with Crippen LogP contribution in [0.15, 0.2) is 41.3 Å². The number of carbonyl (C=O) groups excluding carboxylic acids is 1. The molecule has 3 rings (SSSR count). The first-order chi connectivity index (χ1) is 12.1. The van der Waals surface area contributed by atoms with Crippen LogP contribution in [0.1, 0.15) is 18.2 Å². The molecule has 3 aromatic heterocycles. The SMILES string of the molecule is COC(=O)C(C)Cc1cc(NCc2cccnc2)n2ncc(Br)c2n1. The van der Waals surface area contributed by atoms with Gasteiger partial charge in [-0.05, 0) is 27.6 Å². The maximum Gasteiger partial charge on any atom is 0.308 e. The summed E-state index contributed by atoms with van der Waals surface area (Å²) in [4.78, 5) is 20.4. The van der Waals surface area contributed by atoms with Crippen molar-refractivity contribution in [1.82, 2.24) is 19.6 Å². The first-order valence-corrected chi connectivity index (χ1v) is 8.61. The van der Waals surface area contributed by atoms with E-state index < -0.39 is 0 Å². The largest absolute Gasteiger partial charge is 0.469 e. The van der Waals surface area contributed by atoms with Gasteiger partial charge in [0.15, 0.2) is 5.65 Å². The van der Waals surface area contributed by atoms with Gasteiger partial charge in [-0.2, -0.15) is 9.61 Å². The Morgan fingerprint density at radius 3 is 3.00 bits per heavy atom. The normalized spacial score (nSPS) is 12.1. The van der Waals surface area contributed by atoms with Crippen LogP contribution in [0.5, 0.6) is 0 Å². The van der Waals surface area contributed by atoms with Crippen LogP contribution >= 0.6 is 15.9 Å². The summed E-state index contributed by atoms with van der Waals surface area (Å²) in [6.45, 7) is 2.43. The Labute approximate surface area is 153 Å². The minimum atomic E-state index is -0.271. The Balaban J connectivity index is 1.89. The molecule has 0 saturated carbocycles. The van der Waals surface area contributed by atoms with Crippen LogP contribution in [0.3, 0.4) is 0 Å². The van der Waals surface area contributed by atoms with Gasteiger partial charge in [0.2, 0.25) is 0 Å². The highest BCUT2D eigenvalue weighted by Crippen LogP contribution is 2.22. The first-order valence-electron chi connectivity index (χ1n) is 7.82. The molecule has 0 spiro atoms. The summed E-state index contributed by atoms with van der Waals surface area (Å²) in [5.74, 6) is 0.276. The van der Waals surface area contributed by atoms with E-state index in [1.807, 2.05) is 31.3 Å². The number of nitrogens with zero attached hydrogens (tertiary/aromatic N) is 4. The number of ether oxygens (including phenoxy) is 1. The zero-order chi connectivity index (χ0) is 17.8. The highest BCUT2D eigenvalue weighted by Gasteiger charge is 2.17. The highest BCUT2D eigenvalue weighted by molar-refractivity contribution is 9.10. The van der Waals surface area contributed by atoms with Crippen molar-refractivity contribution in [2.45, 2.75) is 19.9 Å². The molecule has 0 aromatic carbocycles. The van der Waals surface area contributed by atoms with E-state index in [1.54, 1.807) is 16.9 Å². The van der Waals surface area contributed by atoms with E-state index in [1.165, 1.54) is 7.11 Å². The zero-order valence-corrected chi connectivity index (χ0v) is 15.5. The van der Waals surface area contributed by atoms with Gasteiger partial charge in [0.05, 0.1) is 23.7 Å². The number of methoxy groups -OCH3 is 1. The number of esters is 1. The van der Waals surface area contributed by atoms with Crippen LogP contribution in [-0.2, 0) is 22.5 Å². The molecule has 1 unspecified atom stereocenters. The number of hydrogen-bond acceptors (Lipinski definition) is 6. The lowest BCUT2D eigenvalue weighted by Gasteiger charge is -2.13. The van der Waals surface area contributed by atoms with E-state index in [9.17, 15) is 4.79 Å². The molecule has 1 atom stereocenters. The fourth-order valence-electron chi connectivity index (χ4n) is 2.51. The Bertz CT molecular complexity index is 881. The second-order valence-corrected chi connectivity index (χ2v) is 6.56. The van der Waals surface area contributed by atoms with E-state index in [4.69, 9.17) is 4.74 Å². The molecule has 3 aromatic rings. The number of aromatic nitrogens is 4. The number of nitrogens with one attached hydrogen (secondary N) is 1. The van der Waals surface area contributed by atoms with E-state index in [0.29, 0.717) is 18.6 Å². The minimum Gasteiger partial charge on any atom is -0.469 e. The standard InChI is InChI=1S/C17H18BrN5O2/c1-11(17(24)25-2)6-13-7-15(20-9-12-4-3-5-19-8-12)23-16(22-13)14(18)10-21-23/h3-5,7-8,10-11,20H,6,9H2,1-2H3. The summed E-state index contributed by atoms with van der Waals surface area (Å²) in [6.07, 6.45) is 5.74. The molecule has 0 amide bonds. The third-order valence-electron chi connectivity index (χ3n) is 3.80. The summed E-state index contributed by atoms with van der Waals surface area (Å²) in [6, 6.07) is 5.80. The molecule has 0 aliphatic rings. The Morgan fingerprint density at radius 1 is 1.44 bits per heavy atom. The molecular weight excluding hydrogens is 386 g/mol.